The third kappa shape index (κ3) is 9.80. The Labute approximate surface area is 209 Å². The molecule has 0 radical (unpaired) electrons. The van der Waals surface area contributed by atoms with Crippen LogP contribution in [0.3, 0.4) is 0 Å². The van der Waals surface area contributed by atoms with Crippen LogP contribution in [-0.2, 0) is 6.42 Å². The van der Waals surface area contributed by atoms with Gasteiger partial charge in [0.25, 0.3) is 0 Å². The second kappa shape index (κ2) is 16.0. The zero-order valence-corrected chi connectivity index (χ0v) is 22.1. The van der Waals surface area contributed by atoms with Gasteiger partial charge in [-0.25, -0.2) is 0 Å². The lowest BCUT2D eigenvalue weighted by Gasteiger charge is -2.28. The molecule has 1 heterocycles. The Kier molecular flexibility index (Phi) is 12.6. The maximum absolute atomic E-state index is 5.92. The van der Waals surface area contributed by atoms with E-state index >= 15 is 0 Å². The number of hydrogen-bond donors (Lipinski definition) is 0. The summed E-state index contributed by atoms with van der Waals surface area (Å²) in [5.41, 5.74) is 3.60. The lowest BCUT2D eigenvalue weighted by Crippen LogP contribution is -2.15. The van der Waals surface area contributed by atoms with Gasteiger partial charge >= 0.3 is 0 Å². The van der Waals surface area contributed by atoms with E-state index in [2.05, 4.69) is 56.4 Å². The molecule has 3 rings (SSSR count). The summed E-state index contributed by atoms with van der Waals surface area (Å²) in [7, 11) is 0. The van der Waals surface area contributed by atoms with Gasteiger partial charge in [0.2, 0.25) is 0 Å². The normalized spacial score (nSPS) is 18.2. The Hall–Kier alpha value is -1.83. The molecule has 1 fully saturated rings. The Bertz CT molecular complexity index is 759. The topological polar surface area (TPSA) is 22.1 Å². The lowest BCUT2D eigenvalue weighted by atomic mass is 9.78. The van der Waals surface area contributed by atoms with Gasteiger partial charge in [-0.15, -0.1) is 0 Å². The summed E-state index contributed by atoms with van der Waals surface area (Å²) in [6.45, 7) is 5.39. The van der Waals surface area contributed by atoms with Crippen molar-refractivity contribution in [3.63, 3.8) is 0 Å². The van der Waals surface area contributed by atoms with E-state index in [1.54, 1.807) is 0 Å². The van der Waals surface area contributed by atoms with Crippen LogP contribution >= 0.6 is 0 Å². The highest BCUT2D eigenvalue weighted by Crippen LogP contribution is 2.34. The van der Waals surface area contributed by atoms with Crippen LogP contribution in [0.5, 0.6) is 5.75 Å². The zero-order valence-electron chi connectivity index (χ0n) is 22.1. The SMILES string of the molecule is CCCCCCCCOc1ccc(-c2ccc(CCC3CCC(CCCCC)CC3)cn2)cc1. The number of benzene rings is 1. The Morgan fingerprint density at radius 2 is 1.35 bits per heavy atom. The number of aromatic nitrogens is 1. The number of nitrogens with zero attached hydrogens (tertiary/aromatic N) is 1. The molecule has 1 aliphatic carbocycles. The maximum atomic E-state index is 5.92. The fraction of sp³-hybridized carbons (Fsp3) is 0.656. The molecule has 1 aromatic heterocycles. The number of hydrogen-bond acceptors (Lipinski definition) is 2. The van der Waals surface area contributed by atoms with E-state index in [-0.39, 0.29) is 0 Å². The van der Waals surface area contributed by atoms with Crippen molar-refractivity contribution in [1.29, 1.82) is 0 Å². The van der Waals surface area contributed by atoms with Crippen LogP contribution in [0.15, 0.2) is 42.6 Å². The van der Waals surface area contributed by atoms with Crippen LogP contribution in [0.4, 0.5) is 0 Å². The average Bonchev–Trinajstić information content (AvgIpc) is 2.88. The summed E-state index contributed by atoms with van der Waals surface area (Å²) in [5.74, 6) is 2.90. The largest absolute Gasteiger partial charge is 0.494 e. The molecule has 0 atom stereocenters. The van der Waals surface area contributed by atoms with E-state index < -0.39 is 0 Å². The van der Waals surface area contributed by atoms with Crippen molar-refractivity contribution in [2.45, 2.75) is 117 Å². The molecule has 1 aliphatic rings. The third-order valence-corrected chi connectivity index (χ3v) is 7.76. The van der Waals surface area contributed by atoms with Crippen molar-refractivity contribution in [1.82, 2.24) is 4.98 Å². The first-order valence-electron chi connectivity index (χ1n) is 14.5. The summed E-state index contributed by atoms with van der Waals surface area (Å²) in [6.07, 6.45) is 23.8. The van der Waals surface area contributed by atoms with Gasteiger partial charge in [0.05, 0.1) is 12.3 Å². The molecule has 1 saturated carbocycles. The predicted octanol–water partition coefficient (Wildman–Crippen LogP) is 9.81. The van der Waals surface area contributed by atoms with Crippen LogP contribution in [0.1, 0.15) is 116 Å². The van der Waals surface area contributed by atoms with Crippen molar-refractivity contribution >= 4 is 0 Å². The van der Waals surface area contributed by atoms with Gasteiger partial charge in [-0.1, -0.05) is 103 Å². The van der Waals surface area contributed by atoms with Gasteiger partial charge in [-0.05, 0) is 67.0 Å². The van der Waals surface area contributed by atoms with E-state index in [0.717, 1.165) is 36.3 Å². The van der Waals surface area contributed by atoms with Crippen LogP contribution < -0.4 is 4.74 Å². The van der Waals surface area contributed by atoms with Gasteiger partial charge in [-0.2, -0.15) is 0 Å². The number of ether oxygens (including phenoxy) is 1. The molecule has 34 heavy (non-hydrogen) atoms. The summed E-state index contributed by atoms with van der Waals surface area (Å²) in [6, 6.07) is 12.9. The van der Waals surface area contributed by atoms with Crippen LogP contribution in [-0.4, -0.2) is 11.6 Å². The molecule has 0 N–H and O–H groups in total. The van der Waals surface area contributed by atoms with Gasteiger partial charge in [-0.3, -0.25) is 4.98 Å². The maximum Gasteiger partial charge on any atom is 0.119 e. The molecule has 0 aliphatic heterocycles. The molecular formula is C32H49NO. The highest BCUT2D eigenvalue weighted by molar-refractivity contribution is 5.60. The molecule has 0 spiro atoms. The first-order chi connectivity index (χ1) is 16.8. The van der Waals surface area contributed by atoms with E-state index in [9.17, 15) is 0 Å². The number of rotatable bonds is 16. The summed E-state index contributed by atoms with van der Waals surface area (Å²) >= 11 is 0. The van der Waals surface area contributed by atoms with E-state index in [1.807, 2.05) is 0 Å². The predicted molar refractivity (Wildman–Crippen MR) is 146 cm³/mol. The number of unbranched alkanes of at least 4 members (excludes halogenated alkanes) is 7. The molecule has 0 saturated heterocycles. The van der Waals surface area contributed by atoms with E-state index in [1.165, 1.54) is 107 Å². The smallest absolute Gasteiger partial charge is 0.119 e. The first-order valence-corrected chi connectivity index (χ1v) is 14.5. The highest BCUT2D eigenvalue weighted by Gasteiger charge is 2.20. The standard InChI is InChI=1S/C32H49NO/c1-3-5-7-8-9-11-25-34-31-22-20-30(21-23-31)32-24-19-29(26-33-32)18-17-28-15-13-27(14-16-28)12-10-6-4-2/h19-24,26-28H,3-18,25H2,1-2H3. The van der Waals surface area contributed by atoms with Crippen molar-refractivity contribution < 1.29 is 4.74 Å². The monoisotopic (exact) mass is 463 g/mol. The van der Waals surface area contributed by atoms with E-state index in [4.69, 9.17) is 9.72 Å². The Morgan fingerprint density at radius 3 is 2.03 bits per heavy atom. The van der Waals surface area contributed by atoms with Gasteiger partial charge < -0.3 is 4.74 Å². The minimum Gasteiger partial charge on any atom is -0.494 e. The van der Waals surface area contributed by atoms with Crippen molar-refractivity contribution in [3.8, 4) is 17.0 Å². The van der Waals surface area contributed by atoms with Crippen LogP contribution in [0, 0.1) is 11.8 Å². The molecule has 2 aromatic rings. The summed E-state index contributed by atoms with van der Waals surface area (Å²) < 4.78 is 5.92. The first kappa shape index (κ1) is 26.8. The van der Waals surface area contributed by atoms with Gasteiger partial charge in [0.15, 0.2) is 0 Å². The van der Waals surface area contributed by atoms with Crippen LogP contribution in [0.2, 0.25) is 0 Å². The molecule has 0 unspecified atom stereocenters. The molecule has 0 amide bonds. The molecular weight excluding hydrogens is 414 g/mol. The Morgan fingerprint density at radius 1 is 0.706 bits per heavy atom. The Balaban J connectivity index is 1.34. The molecule has 2 nitrogen and oxygen atoms in total. The van der Waals surface area contributed by atoms with E-state index in [0.29, 0.717) is 0 Å². The lowest BCUT2D eigenvalue weighted by molar-refractivity contribution is 0.249. The highest BCUT2D eigenvalue weighted by atomic mass is 16.5. The minimum atomic E-state index is 0.818. The summed E-state index contributed by atoms with van der Waals surface area (Å²) in [4.78, 5) is 4.77. The van der Waals surface area contributed by atoms with Gasteiger partial charge in [0, 0.05) is 11.8 Å². The average molecular weight is 464 g/mol. The second-order valence-corrected chi connectivity index (χ2v) is 10.6. The molecule has 0 bridgehead atoms. The quantitative estimate of drug-likeness (QED) is 0.231. The minimum absolute atomic E-state index is 0.818. The van der Waals surface area contributed by atoms with Crippen molar-refractivity contribution in [3.05, 3.63) is 48.2 Å². The van der Waals surface area contributed by atoms with Gasteiger partial charge in [0.1, 0.15) is 5.75 Å². The number of pyridine rings is 1. The molecule has 1 aromatic carbocycles. The molecule has 188 valence electrons. The molecule has 2 heteroatoms. The van der Waals surface area contributed by atoms with Crippen molar-refractivity contribution in [2.75, 3.05) is 6.61 Å². The summed E-state index contributed by atoms with van der Waals surface area (Å²) in [5, 5.41) is 0. The fourth-order valence-electron chi connectivity index (χ4n) is 5.40. The second-order valence-electron chi connectivity index (χ2n) is 10.6. The zero-order chi connectivity index (χ0) is 23.8. The van der Waals surface area contributed by atoms with Crippen molar-refractivity contribution in [2.24, 2.45) is 11.8 Å². The van der Waals surface area contributed by atoms with Crippen LogP contribution in [0.25, 0.3) is 11.3 Å². The number of aryl methyl sites for hydroxylation is 1. The third-order valence-electron chi connectivity index (χ3n) is 7.76. The fourth-order valence-corrected chi connectivity index (χ4v) is 5.40.